The van der Waals surface area contributed by atoms with Crippen molar-refractivity contribution in [1.29, 1.82) is 0 Å². The Morgan fingerprint density at radius 3 is 3.00 bits per heavy atom. The largest absolute Gasteiger partial charge is 0.351 e. The highest BCUT2D eigenvalue weighted by molar-refractivity contribution is 5.80. The van der Waals surface area contributed by atoms with Gasteiger partial charge in [-0.25, -0.2) is 6.57 Å². The third-order valence-electron chi connectivity index (χ3n) is 2.46. The summed E-state index contributed by atoms with van der Waals surface area (Å²) < 4.78 is 2.11. The summed E-state index contributed by atoms with van der Waals surface area (Å²) in [6, 6.07) is 8.50. The Hall–Kier alpha value is -1.75. The highest BCUT2D eigenvalue weighted by Crippen LogP contribution is 2.16. The van der Waals surface area contributed by atoms with E-state index in [1.165, 1.54) is 16.5 Å². The maximum Gasteiger partial charge on any atom is 0.218 e. The molecule has 0 saturated heterocycles. The molecule has 0 fully saturated rings. The lowest BCUT2D eigenvalue weighted by Gasteiger charge is -1.98. The number of fused-ring (bicyclic) bond motifs is 1. The third kappa shape index (κ3) is 1.49. The average molecular weight is 184 g/mol. The van der Waals surface area contributed by atoms with Crippen LogP contribution in [0.5, 0.6) is 0 Å². The van der Waals surface area contributed by atoms with Crippen molar-refractivity contribution in [2.75, 3.05) is 6.54 Å². The predicted octanol–water partition coefficient (Wildman–Crippen LogP) is 2.64. The van der Waals surface area contributed by atoms with Crippen molar-refractivity contribution in [1.82, 2.24) is 4.57 Å². The van der Waals surface area contributed by atoms with Crippen molar-refractivity contribution in [3.63, 3.8) is 0 Å². The Bertz CT molecular complexity index is 488. The van der Waals surface area contributed by atoms with Crippen LogP contribution in [0.2, 0.25) is 0 Å². The zero-order valence-electron chi connectivity index (χ0n) is 8.20. The molecule has 1 aromatic heterocycles. The zero-order chi connectivity index (χ0) is 9.97. The Kier molecular flexibility index (Phi) is 2.24. The molecule has 2 rings (SSSR count). The summed E-state index contributed by atoms with van der Waals surface area (Å²) in [6.07, 6.45) is 2.91. The molecule has 1 heterocycles. The molecule has 0 spiro atoms. The second-order valence-corrected chi connectivity index (χ2v) is 3.45. The van der Waals surface area contributed by atoms with Crippen LogP contribution in [0.1, 0.15) is 5.56 Å². The molecule has 0 radical (unpaired) electrons. The average Bonchev–Trinajstić information content (AvgIpc) is 2.57. The van der Waals surface area contributed by atoms with Crippen LogP contribution in [-0.4, -0.2) is 11.1 Å². The molecule has 0 unspecified atom stereocenters. The normalized spacial score (nSPS) is 10.3. The summed E-state index contributed by atoms with van der Waals surface area (Å²) in [6.45, 7) is 7.32. The van der Waals surface area contributed by atoms with E-state index < -0.39 is 0 Å². The first kappa shape index (κ1) is 8.83. The minimum absolute atomic E-state index is 0.582. The number of hydrogen-bond donors (Lipinski definition) is 0. The van der Waals surface area contributed by atoms with Gasteiger partial charge in [0.05, 0.1) is 0 Å². The van der Waals surface area contributed by atoms with Gasteiger partial charge in [0.2, 0.25) is 6.54 Å². The van der Waals surface area contributed by atoms with Crippen LogP contribution in [0.25, 0.3) is 15.7 Å². The molecule has 1 aromatic carbocycles. The Morgan fingerprint density at radius 1 is 1.36 bits per heavy atom. The SMILES string of the molecule is [C-]#[N+]CCc1ccc2c(ccn2C)c1. The Morgan fingerprint density at radius 2 is 2.21 bits per heavy atom. The fraction of sp³-hybridized carbons (Fsp3) is 0.250. The lowest BCUT2D eigenvalue weighted by Crippen LogP contribution is -1.88. The highest BCUT2D eigenvalue weighted by Gasteiger charge is 2.00. The molecule has 2 nitrogen and oxygen atoms in total. The quantitative estimate of drug-likeness (QED) is 0.635. The summed E-state index contributed by atoms with van der Waals surface area (Å²) in [4.78, 5) is 3.36. The molecule has 0 saturated carbocycles. The predicted molar refractivity (Wildman–Crippen MR) is 58.1 cm³/mol. The van der Waals surface area contributed by atoms with E-state index >= 15 is 0 Å². The molecular weight excluding hydrogens is 172 g/mol. The van der Waals surface area contributed by atoms with Gasteiger partial charge in [-0.05, 0) is 29.1 Å². The molecule has 0 aliphatic heterocycles. The van der Waals surface area contributed by atoms with Gasteiger partial charge in [-0.1, -0.05) is 6.07 Å². The lowest BCUT2D eigenvalue weighted by molar-refractivity contribution is 0.968. The molecule has 2 aromatic rings. The van der Waals surface area contributed by atoms with Crippen molar-refractivity contribution in [3.8, 4) is 0 Å². The Labute approximate surface area is 83.6 Å². The number of rotatable bonds is 2. The lowest BCUT2D eigenvalue weighted by atomic mass is 10.1. The smallest absolute Gasteiger partial charge is 0.218 e. The maximum absolute atomic E-state index is 6.74. The van der Waals surface area contributed by atoms with Crippen LogP contribution in [-0.2, 0) is 13.5 Å². The second-order valence-electron chi connectivity index (χ2n) is 3.45. The molecule has 0 aliphatic carbocycles. The number of nitrogens with zero attached hydrogens (tertiary/aromatic N) is 2. The first-order chi connectivity index (χ1) is 6.81. The Balaban J connectivity index is 2.38. The summed E-state index contributed by atoms with van der Waals surface area (Å²) in [5.41, 5.74) is 2.50. The number of aromatic nitrogens is 1. The van der Waals surface area contributed by atoms with Gasteiger partial charge in [-0.2, -0.15) is 0 Å². The molecule has 0 amide bonds. The van der Waals surface area contributed by atoms with Crippen LogP contribution in [0.15, 0.2) is 30.5 Å². The van der Waals surface area contributed by atoms with E-state index in [1.807, 2.05) is 7.05 Å². The van der Waals surface area contributed by atoms with Crippen LogP contribution in [0.3, 0.4) is 0 Å². The number of benzene rings is 1. The van der Waals surface area contributed by atoms with Crippen LogP contribution in [0.4, 0.5) is 0 Å². The van der Waals surface area contributed by atoms with Crippen molar-refractivity contribution in [2.45, 2.75) is 6.42 Å². The highest BCUT2D eigenvalue weighted by atomic mass is 14.9. The molecule has 0 bridgehead atoms. The first-order valence-corrected chi connectivity index (χ1v) is 4.68. The van der Waals surface area contributed by atoms with E-state index in [0.717, 1.165) is 6.42 Å². The van der Waals surface area contributed by atoms with Crippen molar-refractivity contribution in [2.24, 2.45) is 7.05 Å². The fourth-order valence-electron chi connectivity index (χ4n) is 1.67. The van der Waals surface area contributed by atoms with Gasteiger partial charge in [0.15, 0.2) is 0 Å². The summed E-state index contributed by atoms with van der Waals surface area (Å²) in [5, 5.41) is 1.26. The monoisotopic (exact) mass is 184 g/mol. The molecule has 70 valence electrons. The summed E-state index contributed by atoms with van der Waals surface area (Å²) >= 11 is 0. The molecule has 0 aliphatic rings. The van der Waals surface area contributed by atoms with Gasteiger partial charge >= 0.3 is 0 Å². The standard InChI is InChI=1S/C12H12N2/c1-13-7-5-10-3-4-12-11(9-10)6-8-14(12)2/h3-4,6,8-9H,5,7H2,2H3. The molecular formula is C12H12N2. The minimum atomic E-state index is 0.582. The maximum atomic E-state index is 6.74. The van der Waals surface area contributed by atoms with Gasteiger partial charge in [0, 0.05) is 25.2 Å². The number of aryl methyl sites for hydroxylation is 1. The van der Waals surface area contributed by atoms with Crippen molar-refractivity contribution >= 4 is 10.9 Å². The molecule has 0 atom stereocenters. The number of hydrogen-bond acceptors (Lipinski definition) is 0. The van der Waals surface area contributed by atoms with Gasteiger partial charge in [0.25, 0.3) is 0 Å². The summed E-state index contributed by atoms with van der Waals surface area (Å²) in [7, 11) is 2.04. The fourth-order valence-corrected chi connectivity index (χ4v) is 1.67. The van der Waals surface area contributed by atoms with Crippen LogP contribution >= 0.6 is 0 Å². The van der Waals surface area contributed by atoms with E-state index in [0.29, 0.717) is 6.54 Å². The minimum Gasteiger partial charge on any atom is -0.351 e. The zero-order valence-corrected chi connectivity index (χ0v) is 8.20. The summed E-state index contributed by atoms with van der Waals surface area (Å²) in [5.74, 6) is 0. The first-order valence-electron chi connectivity index (χ1n) is 4.68. The van der Waals surface area contributed by atoms with Gasteiger partial charge in [-0.15, -0.1) is 0 Å². The third-order valence-corrected chi connectivity index (χ3v) is 2.46. The second kappa shape index (κ2) is 3.55. The van der Waals surface area contributed by atoms with Crippen molar-refractivity contribution in [3.05, 3.63) is 47.4 Å². The van der Waals surface area contributed by atoms with Gasteiger partial charge < -0.3 is 9.41 Å². The van der Waals surface area contributed by atoms with Crippen LogP contribution < -0.4 is 0 Å². The topological polar surface area (TPSA) is 9.29 Å². The van der Waals surface area contributed by atoms with Crippen molar-refractivity contribution < 1.29 is 0 Å². The van der Waals surface area contributed by atoms with Gasteiger partial charge in [0.1, 0.15) is 0 Å². The molecule has 0 N–H and O–H groups in total. The van der Waals surface area contributed by atoms with E-state index in [-0.39, 0.29) is 0 Å². The van der Waals surface area contributed by atoms with Gasteiger partial charge in [-0.3, -0.25) is 0 Å². The van der Waals surface area contributed by atoms with E-state index in [4.69, 9.17) is 6.57 Å². The van der Waals surface area contributed by atoms with E-state index in [2.05, 4.69) is 39.9 Å². The van der Waals surface area contributed by atoms with E-state index in [9.17, 15) is 0 Å². The van der Waals surface area contributed by atoms with E-state index in [1.54, 1.807) is 0 Å². The molecule has 2 heteroatoms. The van der Waals surface area contributed by atoms with Crippen LogP contribution in [0, 0.1) is 6.57 Å². The molecule has 14 heavy (non-hydrogen) atoms.